The maximum absolute atomic E-state index is 13.6. The van der Waals surface area contributed by atoms with Crippen molar-refractivity contribution in [2.24, 2.45) is 0 Å². The van der Waals surface area contributed by atoms with Gasteiger partial charge in [0, 0.05) is 24.3 Å². The van der Waals surface area contributed by atoms with Gasteiger partial charge < -0.3 is 15.0 Å². The molecule has 36 heavy (non-hydrogen) atoms. The number of carbonyl (C=O) groups excluding carboxylic acids is 1. The molecule has 1 aliphatic heterocycles. The second-order valence-corrected chi connectivity index (χ2v) is 8.94. The normalized spacial score (nSPS) is 13.0. The first-order valence-corrected chi connectivity index (χ1v) is 12.1. The zero-order valence-corrected chi connectivity index (χ0v) is 20.4. The van der Waals surface area contributed by atoms with E-state index in [1.54, 1.807) is 30.5 Å². The molecule has 0 atom stereocenters. The molecule has 1 aliphatic rings. The summed E-state index contributed by atoms with van der Waals surface area (Å²) < 4.78 is 7.53. The molecule has 1 aromatic heterocycles. The number of nitrogens with zero attached hydrogens (tertiary/aromatic N) is 3. The standard InChI is InChI=1S/C29H28N4O3/c1-20-9-8-12-25(21(20)2)36-26-19-30-33(24-10-4-3-5-11-24)29(35)27(26)31-23-15-13-22(14-16-23)28(34)32-17-6-7-18-32/h3-5,8-16,19,31H,6-7,17-18H2,1-2H3. The fourth-order valence-electron chi connectivity index (χ4n) is 4.28. The summed E-state index contributed by atoms with van der Waals surface area (Å²) in [6.07, 6.45) is 3.64. The molecule has 182 valence electrons. The van der Waals surface area contributed by atoms with Gasteiger partial charge in [-0.05, 0) is 80.3 Å². The van der Waals surface area contributed by atoms with E-state index in [0.29, 0.717) is 28.4 Å². The first kappa shape index (κ1) is 23.4. The maximum Gasteiger partial charge on any atom is 0.299 e. The summed E-state index contributed by atoms with van der Waals surface area (Å²) in [5, 5.41) is 7.59. The van der Waals surface area contributed by atoms with Crippen LogP contribution in [-0.4, -0.2) is 33.7 Å². The van der Waals surface area contributed by atoms with E-state index >= 15 is 0 Å². The number of likely N-dealkylation sites (tertiary alicyclic amines) is 1. The average Bonchev–Trinajstić information content (AvgIpc) is 3.44. The molecule has 0 bridgehead atoms. The molecular formula is C29H28N4O3. The fraction of sp³-hybridized carbons (Fsp3) is 0.207. The summed E-state index contributed by atoms with van der Waals surface area (Å²) in [6, 6.07) is 22.2. The van der Waals surface area contributed by atoms with Crippen LogP contribution in [0.3, 0.4) is 0 Å². The molecule has 3 aromatic carbocycles. The number of hydrogen-bond acceptors (Lipinski definition) is 5. The maximum atomic E-state index is 13.6. The van der Waals surface area contributed by atoms with Crippen LogP contribution < -0.4 is 15.6 Å². The molecule has 5 rings (SSSR count). The molecule has 1 saturated heterocycles. The molecule has 1 amide bonds. The van der Waals surface area contributed by atoms with Gasteiger partial charge in [-0.15, -0.1) is 0 Å². The second-order valence-electron chi connectivity index (χ2n) is 8.94. The number of benzene rings is 3. The molecule has 0 aliphatic carbocycles. The van der Waals surface area contributed by atoms with E-state index < -0.39 is 0 Å². The predicted octanol–water partition coefficient (Wildman–Crippen LogP) is 5.62. The summed E-state index contributed by atoms with van der Waals surface area (Å²) in [6.45, 7) is 5.59. The van der Waals surface area contributed by atoms with Crippen LogP contribution in [0.5, 0.6) is 11.5 Å². The molecule has 2 heterocycles. The van der Waals surface area contributed by atoms with Crippen LogP contribution in [0.2, 0.25) is 0 Å². The molecule has 1 fully saturated rings. The largest absolute Gasteiger partial charge is 0.453 e. The number of ether oxygens (including phenoxy) is 1. The number of rotatable bonds is 6. The van der Waals surface area contributed by atoms with Crippen LogP contribution >= 0.6 is 0 Å². The van der Waals surface area contributed by atoms with Crippen molar-refractivity contribution >= 4 is 17.3 Å². The molecule has 0 spiro atoms. The van der Waals surface area contributed by atoms with Gasteiger partial charge in [0.05, 0.1) is 11.9 Å². The third-order valence-corrected chi connectivity index (χ3v) is 6.51. The van der Waals surface area contributed by atoms with Gasteiger partial charge in [-0.1, -0.05) is 30.3 Å². The van der Waals surface area contributed by atoms with Crippen molar-refractivity contribution in [3.63, 3.8) is 0 Å². The lowest BCUT2D eigenvalue weighted by atomic mass is 10.1. The highest BCUT2D eigenvalue weighted by molar-refractivity contribution is 5.94. The Hall–Kier alpha value is -4.39. The number of para-hydroxylation sites is 1. The van der Waals surface area contributed by atoms with Crippen molar-refractivity contribution < 1.29 is 9.53 Å². The van der Waals surface area contributed by atoms with Gasteiger partial charge in [0.25, 0.3) is 11.5 Å². The van der Waals surface area contributed by atoms with Gasteiger partial charge in [-0.25, -0.2) is 0 Å². The monoisotopic (exact) mass is 480 g/mol. The van der Waals surface area contributed by atoms with E-state index in [0.717, 1.165) is 37.1 Å². The van der Waals surface area contributed by atoms with Crippen molar-refractivity contribution in [3.05, 3.63) is 106 Å². The highest BCUT2D eigenvalue weighted by Gasteiger charge is 2.20. The minimum atomic E-state index is -0.346. The van der Waals surface area contributed by atoms with Crippen LogP contribution in [0.15, 0.2) is 83.8 Å². The Labute approximate surface area is 210 Å². The predicted molar refractivity (Wildman–Crippen MR) is 141 cm³/mol. The topological polar surface area (TPSA) is 76.5 Å². The van der Waals surface area contributed by atoms with Crippen molar-refractivity contribution in [2.45, 2.75) is 26.7 Å². The van der Waals surface area contributed by atoms with Crippen molar-refractivity contribution in [1.82, 2.24) is 14.7 Å². The summed E-state index contributed by atoms with van der Waals surface area (Å²) in [7, 11) is 0. The smallest absolute Gasteiger partial charge is 0.299 e. The summed E-state index contributed by atoms with van der Waals surface area (Å²) in [5.74, 6) is 1.01. The Morgan fingerprint density at radius 2 is 1.61 bits per heavy atom. The van der Waals surface area contributed by atoms with Gasteiger partial charge in [0.1, 0.15) is 5.75 Å². The van der Waals surface area contributed by atoms with Crippen LogP contribution in [0.4, 0.5) is 11.4 Å². The van der Waals surface area contributed by atoms with Gasteiger partial charge in [-0.2, -0.15) is 9.78 Å². The Morgan fingerprint density at radius 1 is 0.889 bits per heavy atom. The van der Waals surface area contributed by atoms with E-state index in [4.69, 9.17) is 4.74 Å². The number of anilines is 2. The first-order valence-electron chi connectivity index (χ1n) is 12.1. The highest BCUT2D eigenvalue weighted by Crippen LogP contribution is 2.32. The molecule has 7 heteroatoms. The molecule has 0 unspecified atom stereocenters. The highest BCUT2D eigenvalue weighted by atomic mass is 16.5. The van der Waals surface area contributed by atoms with Crippen LogP contribution in [0.1, 0.15) is 34.3 Å². The molecular weight excluding hydrogens is 452 g/mol. The third kappa shape index (κ3) is 4.73. The van der Waals surface area contributed by atoms with E-state index in [2.05, 4.69) is 10.4 Å². The summed E-state index contributed by atoms with van der Waals surface area (Å²) in [4.78, 5) is 28.2. The number of nitrogens with one attached hydrogen (secondary N) is 1. The Kier molecular flexibility index (Phi) is 6.54. The van der Waals surface area contributed by atoms with E-state index in [-0.39, 0.29) is 17.2 Å². The molecule has 0 saturated carbocycles. The van der Waals surface area contributed by atoms with Crippen LogP contribution in [0.25, 0.3) is 5.69 Å². The molecule has 1 N–H and O–H groups in total. The molecule has 0 radical (unpaired) electrons. The summed E-state index contributed by atoms with van der Waals surface area (Å²) >= 11 is 0. The lowest BCUT2D eigenvalue weighted by Crippen LogP contribution is -2.27. The van der Waals surface area contributed by atoms with Crippen molar-refractivity contribution in [1.29, 1.82) is 0 Å². The van der Waals surface area contributed by atoms with Crippen LogP contribution in [0, 0.1) is 13.8 Å². The number of aromatic nitrogens is 2. The second kappa shape index (κ2) is 10.1. The van der Waals surface area contributed by atoms with E-state index in [1.165, 1.54) is 4.68 Å². The van der Waals surface area contributed by atoms with Crippen LogP contribution in [-0.2, 0) is 0 Å². The minimum Gasteiger partial charge on any atom is -0.453 e. The number of carbonyl (C=O) groups is 1. The first-order chi connectivity index (χ1) is 17.5. The Bertz CT molecular complexity index is 1440. The number of hydrogen-bond donors (Lipinski definition) is 1. The Balaban J connectivity index is 1.50. The fourth-order valence-corrected chi connectivity index (χ4v) is 4.28. The van der Waals surface area contributed by atoms with Crippen molar-refractivity contribution in [2.75, 3.05) is 18.4 Å². The zero-order chi connectivity index (χ0) is 25.1. The quantitative estimate of drug-likeness (QED) is 0.388. The third-order valence-electron chi connectivity index (χ3n) is 6.51. The summed E-state index contributed by atoms with van der Waals surface area (Å²) in [5.41, 5.74) is 3.93. The van der Waals surface area contributed by atoms with Gasteiger partial charge in [0.2, 0.25) is 0 Å². The zero-order valence-electron chi connectivity index (χ0n) is 20.4. The molecule has 7 nitrogen and oxygen atoms in total. The minimum absolute atomic E-state index is 0.0355. The lowest BCUT2D eigenvalue weighted by Gasteiger charge is -2.17. The lowest BCUT2D eigenvalue weighted by molar-refractivity contribution is 0.0793. The number of amides is 1. The van der Waals surface area contributed by atoms with Gasteiger partial charge in [0.15, 0.2) is 11.4 Å². The average molecular weight is 481 g/mol. The number of aryl methyl sites for hydroxylation is 1. The van der Waals surface area contributed by atoms with Gasteiger partial charge in [-0.3, -0.25) is 9.59 Å². The Morgan fingerprint density at radius 3 is 2.33 bits per heavy atom. The molecule has 4 aromatic rings. The van der Waals surface area contributed by atoms with Gasteiger partial charge >= 0.3 is 0 Å². The SMILES string of the molecule is Cc1cccc(Oc2cnn(-c3ccccc3)c(=O)c2Nc2ccc(C(=O)N3CCCC3)cc2)c1C. The van der Waals surface area contributed by atoms with E-state index in [1.807, 2.05) is 67.3 Å². The van der Waals surface area contributed by atoms with E-state index in [9.17, 15) is 9.59 Å². The van der Waals surface area contributed by atoms with Crippen molar-refractivity contribution in [3.8, 4) is 17.2 Å².